The van der Waals surface area contributed by atoms with Crippen molar-refractivity contribution in [2.45, 2.75) is 45.8 Å². The van der Waals surface area contributed by atoms with Crippen molar-refractivity contribution >= 4 is 23.2 Å². The van der Waals surface area contributed by atoms with Crippen LogP contribution in [0.25, 0.3) is 0 Å². The predicted octanol–water partition coefficient (Wildman–Crippen LogP) is 6.24. The minimum Gasteiger partial charge on any atom is -0.489 e. The fraction of sp³-hybridized carbons (Fsp3) is 0.400. The third-order valence-corrected chi connectivity index (χ3v) is 4.59. The zero-order valence-electron chi connectivity index (χ0n) is 14.2. The Morgan fingerprint density at radius 1 is 0.875 bits per heavy atom. The van der Waals surface area contributed by atoms with Crippen LogP contribution < -0.4 is 10.1 Å². The van der Waals surface area contributed by atoms with Gasteiger partial charge in [-0.25, -0.2) is 0 Å². The molecule has 0 saturated heterocycles. The number of rotatable bonds is 10. The Bertz CT molecular complexity index is 614. The van der Waals surface area contributed by atoms with Gasteiger partial charge < -0.3 is 10.1 Å². The first kappa shape index (κ1) is 19.1. The summed E-state index contributed by atoms with van der Waals surface area (Å²) < 4.78 is 5.79. The van der Waals surface area contributed by atoms with Gasteiger partial charge in [-0.2, -0.15) is 0 Å². The maximum atomic E-state index is 6.01. The Hall–Kier alpha value is -1.22. The molecule has 2 rings (SSSR count). The molecule has 0 aromatic heterocycles. The highest BCUT2D eigenvalue weighted by atomic mass is 35.5. The second-order valence-corrected chi connectivity index (χ2v) is 6.73. The van der Waals surface area contributed by atoms with Gasteiger partial charge >= 0.3 is 0 Å². The van der Waals surface area contributed by atoms with Crippen LogP contribution >= 0.6 is 23.2 Å². The van der Waals surface area contributed by atoms with E-state index in [0.29, 0.717) is 16.7 Å². The lowest BCUT2D eigenvalue weighted by Crippen LogP contribution is -2.14. The van der Waals surface area contributed by atoms with Gasteiger partial charge in [0.25, 0.3) is 0 Å². The first-order valence-corrected chi connectivity index (χ1v) is 9.31. The molecule has 1 N–H and O–H groups in total. The summed E-state index contributed by atoms with van der Waals surface area (Å²) in [6.45, 7) is 4.69. The highest BCUT2D eigenvalue weighted by Crippen LogP contribution is 2.23. The molecule has 0 bridgehead atoms. The van der Waals surface area contributed by atoms with Crippen LogP contribution in [0.4, 0.5) is 0 Å². The molecule has 24 heavy (non-hydrogen) atoms. The minimum atomic E-state index is 0.478. The first-order valence-electron chi connectivity index (χ1n) is 8.55. The summed E-state index contributed by atoms with van der Waals surface area (Å²) >= 11 is 11.9. The largest absolute Gasteiger partial charge is 0.489 e. The summed E-state index contributed by atoms with van der Waals surface area (Å²) in [5.74, 6) is 0.854. The quantitative estimate of drug-likeness (QED) is 0.503. The molecule has 0 atom stereocenters. The maximum Gasteiger partial charge on any atom is 0.119 e. The Labute approximate surface area is 155 Å². The van der Waals surface area contributed by atoms with E-state index in [1.807, 2.05) is 24.3 Å². The Morgan fingerprint density at radius 3 is 2.33 bits per heavy atom. The van der Waals surface area contributed by atoms with Crippen molar-refractivity contribution < 1.29 is 4.74 Å². The van der Waals surface area contributed by atoms with Crippen molar-refractivity contribution in [3.63, 3.8) is 0 Å². The van der Waals surface area contributed by atoms with Crippen LogP contribution in [0.3, 0.4) is 0 Å². The van der Waals surface area contributed by atoms with Crippen molar-refractivity contribution in [1.82, 2.24) is 5.32 Å². The lowest BCUT2D eigenvalue weighted by molar-refractivity contribution is 0.306. The molecule has 0 heterocycles. The standard InChI is InChI=1S/C20H25Cl2NO/c1-2-3-4-5-12-23-14-16-6-9-18(10-7-16)24-15-17-8-11-19(21)20(22)13-17/h6-11,13,23H,2-5,12,14-15H2,1H3. The monoisotopic (exact) mass is 365 g/mol. The molecule has 0 amide bonds. The summed E-state index contributed by atoms with van der Waals surface area (Å²) in [6.07, 6.45) is 5.17. The number of ether oxygens (including phenoxy) is 1. The van der Waals surface area contributed by atoms with Crippen LogP contribution in [0.1, 0.15) is 43.7 Å². The van der Waals surface area contributed by atoms with Gasteiger partial charge in [0.05, 0.1) is 10.0 Å². The lowest BCUT2D eigenvalue weighted by Gasteiger charge is -2.09. The Balaban J connectivity index is 1.72. The summed E-state index contributed by atoms with van der Waals surface area (Å²) in [7, 11) is 0. The Kier molecular flexibility index (Phi) is 8.44. The molecule has 0 unspecified atom stereocenters. The molecule has 2 nitrogen and oxygen atoms in total. The Morgan fingerprint density at radius 2 is 1.62 bits per heavy atom. The third kappa shape index (κ3) is 6.72. The van der Waals surface area contributed by atoms with Crippen molar-refractivity contribution in [2.75, 3.05) is 6.54 Å². The fourth-order valence-corrected chi connectivity index (χ4v) is 2.73. The molecule has 0 saturated carbocycles. The van der Waals surface area contributed by atoms with Crippen molar-refractivity contribution in [1.29, 1.82) is 0 Å². The van der Waals surface area contributed by atoms with Gasteiger partial charge in [-0.3, -0.25) is 0 Å². The molecule has 0 fully saturated rings. The van der Waals surface area contributed by atoms with Gasteiger partial charge in [0.15, 0.2) is 0 Å². The SMILES string of the molecule is CCCCCCNCc1ccc(OCc2ccc(Cl)c(Cl)c2)cc1. The zero-order chi connectivity index (χ0) is 17.2. The number of unbranched alkanes of at least 4 members (excludes halogenated alkanes) is 3. The summed E-state index contributed by atoms with van der Waals surface area (Å²) in [4.78, 5) is 0. The second kappa shape index (κ2) is 10.6. The number of benzene rings is 2. The summed E-state index contributed by atoms with van der Waals surface area (Å²) in [5.41, 5.74) is 2.27. The number of nitrogens with one attached hydrogen (secondary N) is 1. The van der Waals surface area contributed by atoms with E-state index in [2.05, 4.69) is 24.4 Å². The van der Waals surface area contributed by atoms with Crippen LogP contribution in [-0.4, -0.2) is 6.54 Å². The molecule has 130 valence electrons. The van der Waals surface area contributed by atoms with Gasteiger partial charge in [0, 0.05) is 6.54 Å². The van der Waals surface area contributed by atoms with Gasteiger partial charge in [-0.15, -0.1) is 0 Å². The van der Waals surface area contributed by atoms with Gasteiger partial charge in [0.2, 0.25) is 0 Å². The van der Waals surface area contributed by atoms with E-state index < -0.39 is 0 Å². The van der Waals surface area contributed by atoms with Crippen molar-refractivity contribution in [2.24, 2.45) is 0 Å². The number of hydrogen-bond donors (Lipinski definition) is 1. The van der Waals surface area contributed by atoms with E-state index >= 15 is 0 Å². The van der Waals surface area contributed by atoms with Crippen LogP contribution in [0.2, 0.25) is 10.0 Å². The van der Waals surface area contributed by atoms with E-state index in [0.717, 1.165) is 24.4 Å². The maximum absolute atomic E-state index is 6.01. The zero-order valence-corrected chi connectivity index (χ0v) is 15.7. The fourth-order valence-electron chi connectivity index (χ4n) is 2.41. The molecule has 4 heteroatoms. The summed E-state index contributed by atoms with van der Waals surface area (Å²) in [6, 6.07) is 13.8. The lowest BCUT2D eigenvalue weighted by atomic mass is 10.2. The molecule has 2 aromatic rings. The van der Waals surface area contributed by atoms with Crippen LogP contribution in [0.5, 0.6) is 5.75 Å². The molecule has 0 aliphatic carbocycles. The summed E-state index contributed by atoms with van der Waals surface area (Å²) in [5, 5.41) is 4.60. The molecular weight excluding hydrogens is 341 g/mol. The average Bonchev–Trinajstić information content (AvgIpc) is 2.60. The third-order valence-electron chi connectivity index (χ3n) is 3.85. The predicted molar refractivity (Wildman–Crippen MR) is 103 cm³/mol. The molecule has 0 aliphatic heterocycles. The van der Waals surface area contributed by atoms with E-state index in [1.54, 1.807) is 6.07 Å². The average molecular weight is 366 g/mol. The first-order chi connectivity index (χ1) is 11.7. The van der Waals surface area contributed by atoms with E-state index in [4.69, 9.17) is 27.9 Å². The van der Waals surface area contributed by atoms with Crippen LogP contribution in [-0.2, 0) is 13.2 Å². The van der Waals surface area contributed by atoms with Crippen LogP contribution in [0, 0.1) is 0 Å². The van der Waals surface area contributed by atoms with Gasteiger partial charge in [0.1, 0.15) is 12.4 Å². The highest BCUT2D eigenvalue weighted by Gasteiger charge is 2.01. The van der Waals surface area contributed by atoms with Crippen LogP contribution in [0.15, 0.2) is 42.5 Å². The van der Waals surface area contributed by atoms with E-state index in [-0.39, 0.29) is 0 Å². The smallest absolute Gasteiger partial charge is 0.119 e. The van der Waals surface area contributed by atoms with Gasteiger partial charge in [-0.05, 0) is 48.4 Å². The molecule has 0 radical (unpaired) electrons. The number of hydrogen-bond acceptors (Lipinski definition) is 2. The van der Waals surface area contributed by atoms with Crippen molar-refractivity contribution in [3.8, 4) is 5.75 Å². The second-order valence-electron chi connectivity index (χ2n) is 5.92. The normalized spacial score (nSPS) is 10.8. The topological polar surface area (TPSA) is 21.3 Å². The van der Waals surface area contributed by atoms with E-state index in [9.17, 15) is 0 Å². The molecular formula is C20H25Cl2NO. The van der Waals surface area contributed by atoms with Crippen molar-refractivity contribution in [3.05, 3.63) is 63.6 Å². The van der Waals surface area contributed by atoms with Gasteiger partial charge in [-0.1, -0.05) is 67.6 Å². The molecule has 2 aromatic carbocycles. The minimum absolute atomic E-state index is 0.478. The van der Waals surface area contributed by atoms with E-state index in [1.165, 1.54) is 31.2 Å². The number of halogens is 2. The highest BCUT2D eigenvalue weighted by molar-refractivity contribution is 6.42. The molecule has 0 spiro atoms. The molecule has 0 aliphatic rings.